The number of methoxy groups -OCH3 is 3. The van der Waals surface area contributed by atoms with Crippen LogP contribution in [-0.2, 0) is 23.1 Å². The van der Waals surface area contributed by atoms with Gasteiger partial charge < -0.3 is 23.3 Å². The Morgan fingerprint density at radius 3 is 2.51 bits per heavy atom. The second kappa shape index (κ2) is 8.65. The van der Waals surface area contributed by atoms with Gasteiger partial charge in [-0.2, -0.15) is 0 Å². The van der Waals surface area contributed by atoms with Crippen molar-refractivity contribution in [3.05, 3.63) is 42.0 Å². The van der Waals surface area contributed by atoms with E-state index in [1.165, 1.54) is 32.0 Å². The van der Waals surface area contributed by atoms with Crippen molar-refractivity contribution in [1.82, 2.24) is 14.1 Å². The Kier molecular flexibility index (Phi) is 5.62. The number of carbonyl (C=O) groups is 2. The van der Waals surface area contributed by atoms with Gasteiger partial charge in [0.05, 0.1) is 43.6 Å². The second-order valence-corrected chi connectivity index (χ2v) is 8.89. The predicted octanol–water partition coefficient (Wildman–Crippen LogP) is 4.60. The molecular weight excluding hydrogens is 448 g/mol. The molecule has 1 amide bonds. The molecule has 182 valence electrons. The number of benzene rings is 2. The normalized spacial score (nSPS) is 13.3. The number of aryl methyl sites for hydroxylation is 1. The van der Waals surface area contributed by atoms with Crippen LogP contribution in [-0.4, -0.2) is 54.6 Å². The molecule has 1 saturated carbocycles. The Morgan fingerprint density at radius 1 is 1.09 bits per heavy atom. The molecule has 9 nitrogen and oxygen atoms in total. The number of nitrogens with zero attached hydrogens (tertiary/aromatic N) is 4. The lowest BCUT2D eigenvalue weighted by Crippen LogP contribution is -2.25. The summed E-state index contributed by atoms with van der Waals surface area (Å²) in [7, 11) is 7.94. The van der Waals surface area contributed by atoms with Crippen LogP contribution in [0.3, 0.4) is 0 Å². The number of ether oxygens (including phenoxy) is 3. The van der Waals surface area contributed by atoms with Gasteiger partial charge in [0.25, 0.3) is 0 Å². The van der Waals surface area contributed by atoms with Crippen molar-refractivity contribution in [1.29, 1.82) is 0 Å². The van der Waals surface area contributed by atoms with E-state index in [4.69, 9.17) is 19.2 Å². The number of amides is 1. The van der Waals surface area contributed by atoms with Crippen molar-refractivity contribution in [2.45, 2.75) is 19.4 Å². The number of anilines is 1. The molecule has 2 aromatic heterocycles. The Balaban J connectivity index is 1.71. The fraction of sp³-hybridized carbons (Fsp3) is 0.346. The predicted molar refractivity (Wildman–Crippen MR) is 133 cm³/mol. The first kappa shape index (κ1) is 22.8. The largest absolute Gasteiger partial charge is 0.494 e. The van der Waals surface area contributed by atoms with Crippen LogP contribution < -0.4 is 9.64 Å². The standard InChI is InChI=1S/C26H28N4O5/c1-28(26(32)35-5)18-9-8-16-11-21(30(20(16)13-18)14-15-6-7-15)24-27-19-10-17(25(31)34-4)12-22(33-3)23(19)29(24)2/h8-13,15H,6-7,14H2,1-5H3. The molecule has 2 aromatic carbocycles. The number of hydrogen-bond donors (Lipinski definition) is 0. The van der Waals surface area contributed by atoms with E-state index in [-0.39, 0.29) is 0 Å². The van der Waals surface area contributed by atoms with E-state index < -0.39 is 12.1 Å². The lowest BCUT2D eigenvalue weighted by atomic mass is 10.2. The summed E-state index contributed by atoms with van der Waals surface area (Å²) < 4.78 is 19.7. The van der Waals surface area contributed by atoms with Crippen LogP contribution in [0, 0.1) is 5.92 Å². The average Bonchev–Trinajstić information content (AvgIpc) is 3.55. The van der Waals surface area contributed by atoms with Crippen LogP contribution in [0.2, 0.25) is 0 Å². The molecule has 0 N–H and O–H groups in total. The van der Waals surface area contributed by atoms with E-state index >= 15 is 0 Å². The number of imidazole rings is 1. The second-order valence-electron chi connectivity index (χ2n) is 8.89. The summed E-state index contributed by atoms with van der Waals surface area (Å²) in [6, 6.07) is 11.4. The third-order valence-electron chi connectivity index (χ3n) is 6.67. The molecule has 0 aliphatic heterocycles. The summed E-state index contributed by atoms with van der Waals surface area (Å²) in [5, 5.41) is 1.05. The third kappa shape index (κ3) is 3.86. The maximum absolute atomic E-state index is 12.2. The molecule has 0 radical (unpaired) electrons. The van der Waals surface area contributed by atoms with Gasteiger partial charge in [0.1, 0.15) is 11.3 Å². The van der Waals surface area contributed by atoms with Gasteiger partial charge >= 0.3 is 12.1 Å². The molecule has 1 aliphatic rings. The number of aromatic nitrogens is 3. The lowest BCUT2D eigenvalue weighted by Gasteiger charge is -2.16. The van der Waals surface area contributed by atoms with E-state index in [1.807, 2.05) is 29.8 Å². The fourth-order valence-corrected chi connectivity index (χ4v) is 4.57. The van der Waals surface area contributed by atoms with Crippen molar-refractivity contribution in [2.75, 3.05) is 33.3 Å². The number of esters is 1. The third-order valence-corrected chi connectivity index (χ3v) is 6.67. The highest BCUT2D eigenvalue weighted by Crippen LogP contribution is 2.38. The van der Waals surface area contributed by atoms with Crippen molar-refractivity contribution < 1.29 is 23.8 Å². The van der Waals surface area contributed by atoms with Gasteiger partial charge in [-0.1, -0.05) is 6.07 Å². The first-order valence-electron chi connectivity index (χ1n) is 11.4. The molecule has 0 spiro atoms. The van der Waals surface area contributed by atoms with Crippen molar-refractivity contribution >= 4 is 39.7 Å². The molecule has 35 heavy (non-hydrogen) atoms. The van der Waals surface area contributed by atoms with Gasteiger partial charge in [0.15, 0.2) is 5.82 Å². The molecule has 5 rings (SSSR count). The zero-order chi connectivity index (χ0) is 24.9. The molecule has 0 unspecified atom stereocenters. The molecule has 0 saturated heterocycles. The van der Waals surface area contributed by atoms with Crippen LogP contribution >= 0.6 is 0 Å². The quantitative estimate of drug-likeness (QED) is 0.378. The van der Waals surface area contributed by atoms with E-state index in [0.29, 0.717) is 22.7 Å². The Hall–Kier alpha value is -4.01. The molecule has 1 aliphatic carbocycles. The number of rotatable bonds is 6. The van der Waals surface area contributed by atoms with E-state index in [1.54, 1.807) is 26.3 Å². The van der Waals surface area contributed by atoms with Gasteiger partial charge in [-0.3, -0.25) is 4.90 Å². The molecule has 4 aromatic rings. The summed E-state index contributed by atoms with van der Waals surface area (Å²) in [5.41, 5.74) is 4.57. The highest BCUT2D eigenvalue weighted by molar-refractivity contribution is 5.98. The minimum absolute atomic E-state index is 0.385. The van der Waals surface area contributed by atoms with Gasteiger partial charge in [0, 0.05) is 31.7 Å². The summed E-state index contributed by atoms with van der Waals surface area (Å²) in [6.07, 6.45) is 1.97. The van der Waals surface area contributed by atoms with Crippen LogP contribution in [0.1, 0.15) is 23.2 Å². The van der Waals surface area contributed by atoms with Crippen LogP contribution in [0.25, 0.3) is 33.5 Å². The molecule has 1 fully saturated rings. The van der Waals surface area contributed by atoms with Crippen molar-refractivity contribution in [3.63, 3.8) is 0 Å². The maximum Gasteiger partial charge on any atom is 0.413 e. The summed E-state index contributed by atoms with van der Waals surface area (Å²) >= 11 is 0. The minimum atomic E-state index is -0.442. The lowest BCUT2D eigenvalue weighted by molar-refractivity contribution is 0.0600. The summed E-state index contributed by atoms with van der Waals surface area (Å²) in [4.78, 5) is 30.7. The van der Waals surface area contributed by atoms with Gasteiger partial charge in [-0.25, -0.2) is 14.6 Å². The van der Waals surface area contributed by atoms with Gasteiger partial charge in [-0.15, -0.1) is 0 Å². The van der Waals surface area contributed by atoms with Gasteiger partial charge in [0.2, 0.25) is 0 Å². The van der Waals surface area contributed by atoms with Crippen molar-refractivity contribution in [3.8, 4) is 17.3 Å². The summed E-state index contributed by atoms with van der Waals surface area (Å²) in [5.74, 6) is 1.49. The first-order chi connectivity index (χ1) is 16.9. The van der Waals surface area contributed by atoms with Crippen molar-refractivity contribution in [2.24, 2.45) is 13.0 Å². The summed E-state index contributed by atoms with van der Waals surface area (Å²) in [6.45, 7) is 0.859. The smallest absolute Gasteiger partial charge is 0.413 e. The van der Waals surface area contributed by atoms with Gasteiger partial charge in [-0.05, 0) is 49.1 Å². The first-order valence-corrected chi connectivity index (χ1v) is 11.4. The SMILES string of the molecule is COC(=O)c1cc(OC)c2c(c1)nc(-c1cc3ccc(N(C)C(=O)OC)cc3n1CC1CC1)n2C. The molecule has 2 heterocycles. The Labute approximate surface area is 202 Å². The van der Waals surface area contributed by atoms with E-state index in [9.17, 15) is 9.59 Å². The zero-order valence-corrected chi connectivity index (χ0v) is 20.5. The maximum atomic E-state index is 12.2. The molecular formula is C26H28N4O5. The molecule has 9 heteroatoms. The topological polar surface area (TPSA) is 87.8 Å². The van der Waals surface area contributed by atoms with Crippen LogP contribution in [0.5, 0.6) is 5.75 Å². The molecule has 0 atom stereocenters. The van der Waals surface area contributed by atoms with Crippen LogP contribution in [0.15, 0.2) is 36.4 Å². The Bertz CT molecular complexity index is 1460. The number of carbonyl (C=O) groups excluding carboxylic acids is 2. The highest BCUT2D eigenvalue weighted by Gasteiger charge is 2.27. The average molecular weight is 477 g/mol. The molecule has 0 bridgehead atoms. The highest BCUT2D eigenvalue weighted by atomic mass is 16.5. The minimum Gasteiger partial charge on any atom is -0.494 e. The van der Waals surface area contributed by atoms with Crippen LogP contribution in [0.4, 0.5) is 10.5 Å². The van der Waals surface area contributed by atoms with E-state index in [0.717, 1.165) is 40.2 Å². The number of fused-ring (bicyclic) bond motifs is 2. The number of hydrogen-bond acceptors (Lipinski definition) is 6. The zero-order valence-electron chi connectivity index (χ0n) is 20.5. The Morgan fingerprint density at radius 2 is 1.86 bits per heavy atom. The monoisotopic (exact) mass is 476 g/mol. The van der Waals surface area contributed by atoms with E-state index in [2.05, 4.69) is 10.6 Å². The fourth-order valence-electron chi connectivity index (χ4n) is 4.57.